The molecule has 2 aromatic rings. The monoisotopic (exact) mass is 296 g/mol. The Hall–Kier alpha value is -2.21. The standard InChI is InChI=1S/C13H13ClN2O4/c1-19-10-4-3-8(5-11(10)20-2)6-16-7-9(14)12(17)15-13(16)18/h3-5,7H,6H2,1-2H3,(H,15,17,18). The lowest BCUT2D eigenvalue weighted by Crippen LogP contribution is -2.29. The Kier molecular flexibility index (Phi) is 4.14. The highest BCUT2D eigenvalue weighted by Crippen LogP contribution is 2.27. The minimum atomic E-state index is -0.597. The number of methoxy groups -OCH3 is 2. The van der Waals surface area contributed by atoms with Gasteiger partial charge in [-0.1, -0.05) is 17.7 Å². The summed E-state index contributed by atoms with van der Waals surface area (Å²) in [5.41, 5.74) is -0.303. The number of hydrogen-bond donors (Lipinski definition) is 1. The summed E-state index contributed by atoms with van der Waals surface area (Å²) in [6.45, 7) is 0.260. The Balaban J connectivity index is 2.38. The number of hydrogen-bond acceptors (Lipinski definition) is 4. The summed E-state index contributed by atoms with van der Waals surface area (Å²) < 4.78 is 11.6. The predicted octanol–water partition coefficient (Wildman–Crippen LogP) is 1.26. The van der Waals surface area contributed by atoms with Crippen LogP contribution in [-0.4, -0.2) is 23.8 Å². The second-order valence-electron chi connectivity index (χ2n) is 4.05. The number of aromatic amines is 1. The number of nitrogens with zero attached hydrogens (tertiary/aromatic N) is 1. The Morgan fingerprint density at radius 1 is 1.20 bits per heavy atom. The molecular formula is C13H13ClN2O4. The van der Waals surface area contributed by atoms with E-state index in [2.05, 4.69) is 4.98 Å². The topological polar surface area (TPSA) is 73.3 Å². The molecule has 0 fully saturated rings. The van der Waals surface area contributed by atoms with Gasteiger partial charge in [0.1, 0.15) is 5.02 Å². The minimum Gasteiger partial charge on any atom is -0.493 e. The molecule has 1 aromatic heterocycles. The van der Waals surface area contributed by atoms with Crippen LogP contribution in [0.4, 0.5) is 0 Å². The Labute approximate surface area is 119 Å². The Morgan fingerprint density at radius 3 is 2.55 bits per heavy atom. The maximum Gasteiger partial charge on any atom is 0.328 e. The van der Waals surface area contributed by atoms with Crippen LogP contribution in [0.5, 0.6) is 11.5 Å². The summed E-state index contributed by atoms with van der Waals surface area (Å²) >= 11 is 5.71. The highest BCUT2D eigenvalue weighted by Gasteiger charge is 2.07. The first-order valence-electron chi connectivity index (χ1n) is 5.75. The quantitative estimate of drug-likeness (QED) is 0.922. The summed E-state index contributed by atoms with van der Waals surface area (Å²) in [6, 6.07) is 5.30. The van der Waals surface area contributed by atoms with Crippen LogP contribution in [0.3, 0.4) is 0 Å². The van der Waals surface area contributed by atoms with Gasteiger partial charge in [-0.05, 0) is 17.7 Å². The van der Waals surface area contributed by atoms with Gasteiger partial charge in [0.2, 0.25) is 0 Å². The van der Waals surface area contributed by atoms with E-state index in [0.717, 1.165) is 5.56 Å². The summed E-state index contributed by atoms with van der Waals surface area (Å²) in [5, 5.41) is -0.0370. The summed E-state index contributed by atoms with van der Waals surface area (Å²) in [5.74, 6) is 1.16. The van der Waals surface area contributed by atoms with E-state index in [1.54, 1.807) is 25.3 Å². The van der Waals surface area contributed by atoms with Gasteiger partial charge >= 0.3 is 5.69 Å². The molecule has 0 aliphatic heterocycles. The van der Waals surface area contributed by atoms with E-state index < -0.39 is 11.2 Å². The number of rotatable bonds is 4. The van der Waals surface area contributed by atoms with Gasteiger partial charge in [0.25, 0.3) is 5.56 Å². The third-order valence-corrected chi connectivity index (χ3v) is 3.04. The highest BCUT2D eigenvalue weighted by molar-refractivity contribution is 6.30. The lowest BCUT2D eigenvalue weighted by Gasteiger charge is -2.10. The molecule has 6 nitrogen and oxygen atoms in total. The Bertz CT molecular complexity index is 736. The SMILES string of the molecule is COc1ccc(Cn2cc(Cl)c(=O)[nH]c2=O)cc1OC. The average molecular weight is 297 g/mol. The van der Waals surface area contributed by atoms with Crippen molar-refractivity contribution in [2.45, 2.75) is 6.54 Å². The molecule has 2 rings (SSSR count). The lowest BCUT2D eigenvalue weighted by atomic mass is 10.2. The van der Waals surface area contributed by atoms with Gasteiger partial charge < -0.3 is 9.47 Å². The predicted molar refractivity (Wildman–Crippen MR) is 75.0 cm³/mol. The molecule has 20 heavy (non-hydrogen) atoms. The van der Waals surface area contributed by atoms with Gasteiger partial charge in [0, 0.05) is 6.20 Å². The molecule has 0 atom stereocenters. The van der Waals surface area contributed by atoms with Crippen molar-refractivity contribution in [2.24, 2.45) is 0 Å². The fraction of sp³-hybridized carbons (Fsp3) is 0.231. The fourth-order valence-corrected chi connectivity index (χ4v) is 1.94. The number of aromatic nitrogens is 2. The Morgan fingerprint density at radius 2 is 1.90 bits per heavy atom. The maximum atomic E-state index is 11.7. The molecular weight excluding hydrogens is 284 g/mol. The molecule has 0 amide bonds. The van der Waals surface area contributed by atoms with Crippen LogP contribution in [0.15, 0.2) is 34.0 Å². The van der Waals surface area contributed by atoms with Crippen LogP contribution < -0.4 is 20.7 Å². The smallest absolute Gasteiger partial charge is 0.328 e. The number of halogens is 1. The second-order valence-corrected chi connectivity index (χ2v) is 4.46. The van der Waals surface area contributed by atoms with Crippen LogP contribution in [0.2, 0.25) is 5.02 Å². The van der Waals surface area contributed by atoms with Crippen molar-refractivity contribution in [1.82, 2.24) is 9.55 Å². The zero-order valence-electron chi connectivity index (χ0n) is 11.0. The molecule has 0 unspecified atom stereocenters. The molecule has 0 saturated heterocycles. The van der Waals surface area contributed by atoms with Crippen LogP contribution in [0.25, 0.3) is 0 Å². The third kappa shape index (κ3) is 2.85. The molecule has 1 aromatic carbocycles. The normalized spacial score (nSPS) is 10.3. The van der Waals surface area contributed by atoms with E-state index in [0.29, 0.717) is 11.5 Å². The van der Waals surface area contributed by atoms with Crippen molar-refractivity contribution in [1.29, 1.82) is 0 Å². The van der Waals surface area contributed by atoms with Crippen molar-refractivity contribution in [3.8, 4) is 11.5 Å². The third-order valence-electron chi connectivity index (χ3n) is 2.77. The van der Waals surface area contributed by atoms with E-state index in [1.807, 2.05) is 0 Å². The first-order valence-corrected chi connectivity index (χ1v) is 6.13. The zero-order valence-corrected chi connectivity index (χ0v) is 11.7. The minimum absolute atomic E-state index is 0.0370. The summed E-state index contributed by atoms with van der Waals surface area (Å²) in [7, 11) is 3.08. The van der Waals surface area contributed by atoms with Gasteiger partial charge in [-0.2, -0.15) is 0 Å². The van der Waals surface area contributed by atoms with E-state index in [9.17, 15) is 9.59 Å². The average Bonchev–Trinajstić information content (AvgIpc) is 2.44. The first kappa shape index (κ1) is 14.2. The summed E-state index contributed by atoms with van der Waals surface area (Å²) in [6.07, 6.45) is 1.30. The maximum absolute atomic E-state index is 11.7. The van der Waals surface area contributed by atoms with Crippen molar-refractivity contribution in [2.75, 3.05) is 14.2 Å². The number of benzene rings is 1. The van der Waals surface area contributed by atoms with Crippen molar-refractivity contribution < 1.29 is 9.47 Å². The largest absolute Gasteiger partial charge is 0.493 e. The molecule has 0 aliphatic rings. The first-order chi connectivity index (χ1) is 9.55. The van der Waals surface area contributed by atoms with Gasteiger partial charge in [-0.25, -0.2) is 4.79 Å². The van der Waals surface area contributed by atoms with Gasteiger partial charge in [-0.3, -0.25) is 14.3 Å². The van der Waals surface area contributed by atoms with Crippen LogP contribution >= 0.6 is 11.6 Å². The molecule has 0 spiro atoms. The van der Waals surface area contributed by atoms with Crippen LogP contribution in [0.1, 0.15) is 5.56 Å². The van der Waals surface area contributed by atoms with Gasteiger partial charge in [0.05, 0.1) is 20.8 Å². The van der Waals surface area contributed by atoms with Gasteiger partial charge in [0.15, 0.2) is 11.5 Å². The molecule has 7 heteroatoms. The van der Waals surface area contributed by atoms with Crippen molar-refractivity contribution in [3.05, 3.63) is 55.8 Å². The van der Waals surface area contributed by atoms with Crippen molar-refractivity contribution >= 4 is 11.6 Å². The van der Waals surface area contributed by atoms with Crippen LogP contribution in [0, 0.1) is 0 Å². The fourth-order valence-electron chi connectivity index (χ4n) is 1.78. The zero-order chi connectivity index (χ0) is 14.7. The van der Waals surface area contributed by atoms with E-state index in [4.69, 9.17) is 21.1 Å². The molecule has 106 valence electrons. The second kappa shape index (κ2) is 5.83. The molecule has 0 aliphatic carbocycles. The molecule has 0 bridgehead atoms. The summed E-state index contributed by atoms with van der Waals surface area (Å²) in [4.78, 5) is 25.0. The van der Waals surface area contributed by atoms with E-state index in [1.165, 1.54) is 17.9 Å². The molecule has 1 heterocycles. The number of ether oxygens (including phenoxy) is 2. The van der Waals surface area contributed by atoms with Crippen molar-refractivity contribution in [3.63, 3.8) is 0 Å². The molecule has 0 saturated carbocycles. The highest BCUT2D eigenvalue weighted by atomic mass is 35.5. The number of H-pyrrole nitrogens is 1. The lowest BCUT2D eigenvalue weighted by molar-refractivity contribution is 0.354. The molecule has 1 N–H and O–H groups in total. The van der Waals surface area contributed by atoms with E-state index >= 15 is 0 Å². The van der Waals surface area contributed by atoms with Gasteiger partial charge in [-0.15, -0.1) is 0 Å². The molecule has 0 radical (unpaired) electrons. The van der Waals surface area contributed by atoms with E-state index in [-0.39, 0.29) is 11.6 Å². The number of nitrogens with one attached hydrogen (secondary N) is 1. The van der Waals surface area contributed by atoms with Crippen LogP contribution in [-0.2, 0) is 6.54 Å².